The fourth-order valence-corrected chi connectivity index (χ4v) is 3.06. The maximum absolute atomic E-state index is 12.1. The Kier molecular flexibility index (Phi) is 6.32. The number of carbonyl (C=O) groups excluding carboxylic acids is 2. The molecule has 0 spiro atoms. The van der Waals surface area contributed by atoms with Crippen LogP contribution >= 0.6 is 11.8 Å². The lowest BCUT2D eigenvalue weighted by Gasteiger charge is -2.09. The van der Waals surface area contributed by atoms with E-state index < -0.39 is 5.91 Å². The van der Waals surface area contributed by atoms with Crippen LogP contribution in [0.4, 0.5) is 4.79 Å². The molecule has 2 N–H and O–H groups in total. The highest BCUT2D eigenvalue weighted by Gasteiger charge is 2.12. The van der Waals surface area contributed by atoms with Crippen LogP contribution in [0.1, 0.15) is 22.7 Å². The molecule has 0 fully saturated rings. The number of rotatable bonds is 6. The largest absolute Gasteiger partial charge is 0.496 e. The number of methoxy groups -OCH3 is 1. The molecular weight excluding hydrogens is 366 g/mol. The number of benzene rings is 2. The third kappa shape index (κ3) is 5.01. The Hall–Kier alpha value is -3.00. The van der Waals surface area contributed by atoms with Gasteiger partial charge in [-0.2, -0.15) is 0 Å². The second-order valence-electron chi connectivity index (χ2n) is 5.59. The average Bonchev–Trinajstić information content (AvgIpc) is 3.12. The number of nitrogens with one attached hydrogen (secondary N) is 2. The predicted octanol–water partition coefficient (Wildman–Crippen LogP) is 3.56. The number of aromatic nitrogens is 1. The van der Waals surface area contributed by atoms with Crippen LogP contribution in [-0.4, -0.2) is 29.0 Å². The molecule has 2 amide bonds. The first-order valence-corrected chi connectivity index (χ1v) is 9.36. The van der Waals surface area contributed by atoms with Gasteiger partial charge in [-0.25, -0.2) is 4.98 Å². The van der Waals surface area contributed by atoms with Gasteiger partial charge in [-0.3, -0.25) is 20.4 Å². The summed E-state index contributed by atoms with van der Waals surface area (Å²) in [5.41, 5.74) is 6.70. The zero-order valence-corrected chi connectivity index (χ0v) is 15.5. The highest BCUT2D eigenvalue weighted by atomic mass is 32.2. The van der Waals surface area contributed by atoms with E-state index in [-0.39, 0.29) is 5.24 Å². The zero-order valence-electron chi connectivity index (χ0n) is 14.7. The zero-order chi connectivity index (χ0) is 19.1. The van der Waals surface area contributed by atoms with Crippen LogP contribution in [0, 0.1) is 0 Å². The number of para-hydroxylation sites is 3. The summed E-state index contributed by atoms with van der Waals surface area (Å²) in [6, 6.07) is 14.4. The molecule has 7 nitrogen and oxygen atoms in total. The molecule has 2 aromatic carbocycles. The highest BCUT2D eigenvalue weighted by molar-refractivity contribution is 8.13. The van der Waals surface area contributed by atoms with E-state index in [1.807, 2.05) is 24.3 Å². The van der Waals surface area contributed by atoms with Gasteiger partial charge in [-0.05, 0) is 30.7 Å². The summed E-state index contributed by atoms with van der Waals surface area (Å²) in [5, 5.41) is -0.337. The first kappa shape index (κ1) is 18.8. The molecule has 0 unspecified atom stereocenters. The fraction of sp³-hybridized carbons (Fsp3) is 0.211. The molecule has 0 saturated carbocycles. The van der Waals surface area contributed by atoms with Crippen LogP contribution in [0.2, 0.25) is 0 Å². The third-order valence-electron chi connectivity index (χ3n) is 3.74. The summed E-state index contributed by atoms with van der Waals surface area (Å²) in [6.07, 6.45) is 1.37. The Morgan fingerprint density at radius 1 is 1.11 bits per heavy atom. The second kappa shape index (κ2) is 9.09. The molecule has 27 heavy (non-hydrogen) atoms. The van der Waals surface area contributed by atoms with Crippen LogP contribution in [0.5, 0.6) is 5.75 Å². The number of hydrazine groups is 1. The Balaban J connectivity index is 1.39. The number of aryl methyl sites for hydroxylation is 1. The summed E-state index contributed by atoms with van der Waals surface area (Å²) in [5.74, 6) is 1.24. The van der Waals surface area contributed by atoms with Gasteiger partial charge in [0, 0.05) is 12.2 Å². The van der Waals surface area contributed by atoms with Gasteiger partial charge >= 0.3 is 0 Å². The van der Waals surface area contributed by atoms with E-state index in [9.17, 15) is 9.59 Å². The minimum absolute atomic E-state index is 0.337. The van der Waals surface area contributed by atoms with Gasteiger partial charge < -0.3 is 9.15 Å². The second-order valence-corrected chi connectivity index (χ2v) is 6.66. The molecule has 0 aliphatic carbocycles. The van der Waals surface area contributed by atoms with Crippen LogP contribution in [0.3, 0.4) is 0 Å². The van der Waals surface area contributed by atoms with Crippen molar-refractivity contribution in [3.05, 3.63) is 60.0 Å². The van der Waals surface area contributed by atoms with Gasteiger partial charge in [0.05, 0.1) is 12.7 Å². The van der Waals surface area contributed by atoms with Gasteiger partial charge in [0.25, 0.3) is 11.1 Å². The lowest BCUT2D eigenvalue weighted by molar-refractivity contribution is 0.0936. The summed E-state index contributed by atoms with van der Waals surface area (Å²) in [6.45, 7) is 0. The maximum atomic E-state index is 12.1. The minimum atomic E-state index is -0.437. The van der Waals surface area contributed by atoms with Gasteiger partial charge in [0.1, 0.15) is 11.3 Å². The van der Waals surface area contributed by atoms with Gasteiger partial charge in [-0.1, -0.05) is 36.0 Å². The van der Waals surface area contributed by atoms with Crippen LogP contribution in [0.15, 0.2) is 52.9 Å². The number of ether oxygens (including phenoxy) is 1. The van der Waals surface area contributed by atoms with E-state index >= 15 is 0 Å². The van der Waals surface area contributed by atoms with E-state index in [4.69, 9.17) is 9.15 Å². The smallest absolute Gasteiger partial charge is 0.297 e. The molecule has 8 heteroatoms. The van der Waals surface area contributed by atoms with Crippen molar-refractivity contribution in [3.8, 4) is 5.75 Å². The molecule has 0 bridgehead atoms. The number of oxazole rings is 1. The molecule has 3 rings (SSSR count). The van der Waals surface area contributed by atoms with Crippen molar-refractivity contribution in [2.24, 2.45) is 0 Å². The number of fused-ring (bicyclic) bond motifs is 1. The lowest BCUT2D eigenvalue weighted by atomic mass is 10.2. The first-order valence-electron chi connectivity index (χ1n) is 8.38. The molecule has 3 aromatic rings. The Bertz CT molecular complexity index is 908. The van der Waals surface area contributed by atoms with Crippen molar-refractivity contribution in [2.75, 3.05) is 12.9 Å². The standard InChI is InChI=1S/C19H19N3O4S/c1-25-15-9-4-2-7-13(15)18(23)21-22-19(24)27-12-6-11-17-20-14-8-3-5-10-16(14)26-17/h2-5,7-10H,6,11-12H2,1H3,(H,21,23)(H,22,24). The average molecular weight is 385 g/mol. The summed E-state index contributed by atoms with van der Waals surface area (Å²) in [7, 11) is 1.48. The molecule has 0 aliphatic rings. The van der Waals surface area contributed by atoms with Crippen LogP contribution in [-0.2, 0) is 6.42 Å². The molecule has 140 valence electrons. The summed E-state index contributed by atoms with van der Waals surface area (Å²) in [4.78, 5) is 28.3. The Morgan fingerprint density at radius 2 is 1.89 bits per heavy atom. The van der Waals surface area contributed by atoms with E-state index in [1.54, 1.807) is 24.3 Å². The van der Waals surface area contributed by atoms with Crippen molar-refractivity contribution >= 4 is 34.0 Å². The third-order valence-corrected chi connectivity index (χ3v) is 4.59. The van der Waals surface area contributed by atoms with Gasteiger partial charge in [0.15, 0.2) is 11.5 Å². The van der Waals surface area contributed by atoms with Gasteiger partial charge in [0.2, 0.25) is 0 Å². The lowest BCUT2D eigenvalue weighted by Crippen LogP contribution is -2.39. The Morgan fingerprint density at radius 3 is 2.70 bits per heavy atom. The molecule has 0 radical (unpaired) electrons. The van der Waals surface area contributed by atoms with Gasteiger partial charge in [-0.15, -0.1) is 0 Å². The topological polar surface area (TPSA) is 93.5 Å². The number of amides is 2. The van der Waals surface area contributed by atoms with E-state index in [2.05, 4.69) is 15.8 Å². The maximum Gasteiger partial charge on any atom is 0.297 e. The first-order chi connectivity index (χ1) is 13.2. The number of nitrogens with zero attached hydrogens (tertiary/aromatic N) is 1. The van der Waals surface area contributed by atoms with Crippen molar-refractivity contribution in [3.63, 3.8) is 0 Å². The van der Waals surface area contributed by atoms with E-state index in [0.29, 0.717) is 29.4 Å². The molecule has 1 aromatic heterocycles. The monoisotopic (exact) mass is 385 g/mol. The molecule has 0 aliphatic heterocycles. The number of thioether (sulfide) groups is 1. The number of hydrogen-bond acceptors (Lipinski definition) is 6. The molecular formula is C19H19N3O4S. The SMILES string of the molecule is COc1ccccc1C(=O)NNC(=O)SCCCc1nc2ccccc2o1. The number of carbonyl (C=O) groups is 2. The quantitative estimate of drug-likeness (QED) is 0.498. The van der Waals surface area contributed by atoms with Crippen molar-refractivity contribution in [1.29, 1.82) is 0 Å². The Labute approximate surface area is 160 Å². The predicted molar refractivity (Wildman–Crippen MR) is 104 cm³/mol. The normalized spacial score (nSPS) is 10.6. The molecule has 0 saturated heterocycles. The molecule has 0 atom stereocenters. The fourth-order valence-electron chi connectivity index (χ4n) is 2.46. The van der Waals surface area contributed by atoms with Crippen LogP contribution < -0.4 is 15.6 Å². The van der Waals surface area contributed by atoms with Crippen molar-refractivity contribution in [1.82, 2.24) is 15.8 Å². The van der Waals surface area contributed by atoms with Crippen molar-refractivity contribution in [2.45, 2.75) is 12.8 Å². The highest BCUT2D eigenvalue weighted by Crippen LogP contribution is 2.17. The number of hydrogen-bond donors (Lipinski definition) is 2. The minimum Gasteiger partial charge on any atom is -0.496 e. The van der Waals surface area contributed by atoms with E-state index in [0.717, 1.165) is 29.3 Å². The van der Waals surface area contributed by atoms with Crippen LogP contribution in [0.25, 0.3) is 11.1 Å². The van der Waals surface area contributed by atoms with E-state index in [1.165, 1.54) is 7.11 Å². The van der Waals surface area contributed by atoms with Crippen molar-refractivity contribution < 1.29 is 18.7 Å². The molecule has 1 heterocycles. The summed E-state index contributed by atoms with van der Waals surface area (Å²) < 4.78 is 10.8. The summed E-state index contributed by atoms with van der Waals surface area (Å²) >= 11 is 1.08.